The second kappa shape index (κ2) is 48.7. The molecule has 0 aromatic heterocycles. The molecule has 0 aliphatic heterocycles. The third kappa shape index (κ3) is 28.0. The van der Waals surface area contributed by atoms with Gasteiger partial charge >= 0.3 is 0 Å². The summed E-state index contributed by atoms with van der Waals surface area (Å²) in [6.07, 6.45) is 0. The molecule has 0 heterocycles. The van der Waals surface area contributed by atoms with Crippen molar-refractivity contribution in [2.75, 3.05) is 0 Å². The number of aromatic hydroxyl groups is 2. The first kappa shape index (κ1) is 104. The van der Waals surface area contributed by atoms with Crippen LogP contribution < -0.4 is 18.9 Å². The zero-order chi connectivity index (χ0) is 104. The van der Waals surface area contributed by atoms with Crippen LogP contribution >= 0.6 is 0 Å². The molecule has 0 amide bonds. The molecular formula is C135H103F3O11. The fourth-order valence-electron chi connectivity index (χ4n) is 16.0. The maximum Gasteiger partial charge on any atom is 0.193 e. The maximum atomic E-state index is 13.6. The quantitative estimate of drug-likeness (QED) is 0.0437. The van der Waals surface area contributed by atoms with Crippen molar-refractivity contribution in [1.29, 1.82) is 0 Å². The van der Waals surface area contributed by atoms with Gasteiger partial charge in [-0.2, -0.15) is 0 Å². The van der Waals surface area contributed by atoms with Gasteiger partial charge in [-0.15, -0.1) is 0 Å². The normalized spacial score (nSPS) is 10.7. The Kier molecular flexibility index (Phi) is 34.0. The summed E-state index contributed by atoms with van der Waals surface area (Å²) in [5.41, 5.74) is 16.4. The van der Waals surface area contributed by atoms with Crippen LogP contribution in [-0.4, -0.2) is 39.1 Å². The lowest BCUT2D eigenvalue weighted by molar-refractivity contribution is 0.103. The number of carbonyl (C=O) groups is 5. The van der Waals surface area contributed by atoms with Crippen LogP contribution in [0, 0.1) is 53.0 Å². The zero-order valence-corrected chi connectivity index (χ0v) is 81.8. The highest BCUT2D eigenvalue weighted by Gasteiger charge is 2.28. The van der Waals surface area contributed by atoms with Crippen LogP contribution in [0.2, 0.25) is 0 Å². The Bertz CT molecular complexity index is 7600. The van der Waals surface area contributed by atoms with Gasteiger partial charge in [0.25, 0.3) is 0 Å². The van der Waals surface area contributed by atoms with Gasteiger partial charge in [-0.25, -0.2) is 13.2 Å². The standard InChI is InChI=1S/C85H62O7.C21H13FO.C15H16O2.C13H8F2O.CH4/c1-84(2,69-35-51-77(52-36-69)89-73-43-27-65(28-44-73)81(86)63-23-19-61(20-24-63)17-15-59-11-7-5-8-12-59)71-39-55-79(56-40-71)91-75-47-31-67(32-48-75)83(88)68-33-49-76(50-34-68)92-80-57-41-72(42-58-80)85(3,4)70-37-53-78(54-38-70)90-74-45-29-66(30-46-74)82(87)64-25-21-62(22-26-64)18-16-60-13-9-6-10-14-60;22-20-14-12-19(13-15-20)21(23)18-10-8-17(9-11-18)7-6-16-4-2-1-3-5-16;1-15(2,11-3-7-13(16)8-4-11)12-5-9-14(17)10-6-12;14-11-5-1-9(2-6-11)13(16)10-3-7-12(15)8-4-10;/h5-14,19-58H,1-4H3;1-5,8-15H;3-10,16-17H,1-2H3;1-8H;1H4. The lowest BCUT2D eigenvalue weighted by atomic mass is 9.78. The number of hydrogen-bond acceptors (Lipinski definition) is 11. The number of phenols is 2. The molecular weight excluding hydrogens is 1850 g/mol. The van der Waals surface area contributed by atoms with E-state index < -0.39 is 11.6 Å². The van der Waals surface area contributed by atoms with Gasteiger partial charge in [0.1, 0.15) is 74.9 Å². The van der Waals surface area contributed by atoms with Crippen molar-refractivity contribution in [1.82, 2.24) is 0 Å². The molecule has 730 valence electrons. The van der Waals surface area contributed by atoms with E-state index in [0.29, 0.717) is 102 Å². The van der Waals surface area contributed by atoms with Gasteiger partial charge in [-0.3, -0.25) is 24.0 Å². The van der Waals surface area contributed by atoms with E-state index in [2.05, 4.69) is 126 Å². The van der Waals surface area contributed by atoms with Crippen molar-refractivity contribution in [3.8, 4) is 93.0 Å². The first-order valence-electron chi connectivity index (χ1n) is 47.8. The molecule has 0 atom stereocenters. The molecule has 0 radical (unpaired) electrons. The van der Waals surface area contributed by atoms with Crippen LogP contribution in [0.15, 0.2) is 479 Å². The van der Waals surface area contributed by atoms with Gasteiger partial charge in [0.05, 0.1) is 0 Å². The third-order valence-corrected chi connectivity index (χ3v) is 25.0. The highest BCUT2D eigenvalue weighted by atomic mass is 19.1. The van der Waals surface area contributed by atoms with Crippen molar-refractivity contribution in [2.45, 2.75) is 65.2 Å². The molecule has 0 aliphatic rings. The largest absolute Gasteiger partial charge is 0.508 e. The van der Waals surface area contributed by atoms with E-state index in [1.807, 2.05) is 249 Å². The predicted molar refractivity (Wildman–Crippen MR) is 584 cm³/mol. The molecule has 149 heavy (non-hydrogen) atoms. The first-order chi connectivity index (χ1) is 71.6. The maximum absolute atomic E-state index is 13.6. The van der Waals surface area contributed by atoms with Gasteiger partial charge in [0, 0.05) is 105 Å². The van der Waals surface area contributed by atoms with E-state index in [9.17, 15) is 47.4 Å². The SMILES string of the molecule is C.CC(C)(c1ccc(O)cc1)c1ccc(O)cc1.CC(C)(c1ccc(Oc2ccc(C(=O)c3ccc(C#Cc4ccccc4)cc3)cc2)cc1)c1ccc(Oc2ccc(C(=O)c3ccc(Oc4ccc(C(C)(C)c5ccc(Oc6ccc(C(=O)c7ccc(C#Cc8ccccc8)cc7)cc6)cc5)cc4)cc3)cc2)cc1.O=C(c1ccc(F)cc1)c1ccc(C#Cc2ccccc2)cc1.O=C(c1ccc(F)cc1)c1ccc(F)cc1. The molecule has 0 unspecified atom stereocenters. The van der Waals surface area contributed by atoms with Crippen molar-refractivity contribution >= 4 is 28.9 Å². The number of rotatable bonds is 24. The van der Waals surface area contributed by atoms with E-state index in [1.54, 1.807) is 109 Å². The number of phenolic OH excluding ortho intramolecular Hbond substituents is 2. The van der Waals surface area contributed by atoms with Crippen LogP contribution in [0.1, 0.15) is 195 Å². The third-order valence-electron chi connectivity index (χ3n) is 25.0. The van der Waals surface area contributed by atoms with Crippen LogP contribution in [0.3, 0.4) is 0 Å². The Hall–Kier alpha value is -19.2. The van der Waals surface area contributed by atoms with Crippen LogP contribution in [0.25, 0.3) is 0 Å². The fourth-order valence-corrected chi connectivity index (χ4v) is 16.0. The van der Waals surface area contributed by atoms with Gasteiger partial charge in [0.2, 0.25) is 0 Å². The van der Waals surface area contributed by atoms with Crippen molar-refractivity contribution in [2.24, 2.45) is 0 Å². The molecule has 19 aromatic carbocycles. The minimum Gasteiger partial charge on any atom is -0.508 e. The van der Waals surface area contributed by atoms with Crippen LogP contribution in [-0.2, 0) is 16.2 Å². The summed E-state index contributed by atoms with van der Waals surface area (Å²) in [5.74, 6) is 22.7. The van der Waals surface area contributed by atoms with Crippen molar-refractivity contribution in [3.05, 3.63) is 619 Å². The van der Waals surface area contributed by atoms with E-state index in [0.717, 1.165) is 66.8 Å². The molecule has 19 aromatic rings. The Balaban J connectivity index is 0.000000231. The molecule has 0 aliphatic carbocycles. The molecule has 0 bridgehead atoms. The smallest absolute Gasteiger partial charge is 0.193 e. The number of ether oxygens (including phenoxy) is 4. The van der Waals surface area contributed by atoms with E-state index >= 15 is 0 Å². The van der Waals surface area contributed by atoms with Crippen LogP contribution in [0.5, 0.6) is 57.5 Å². The van der Waals surface area contributed by atoms with Crippen molar-refractivity contribution < 1.29 is 66.3 Å². The van der Waals surface area contributed by atoms with Crippen molar-refractivity contribution in [3.63, 3.8) is 0 Å². The highest BCUT2D eigenvalue weighted by Crippen LogP contribution is 2.40. The van der Waals surface area contributed by atoms with E-state index in [1.165, 1.54) is 72.8 Å². The fraction of sp³-hybridized carbons (Fsp3) is 0.0741. The number of carbonyl (C=O) groups excluding carboxylic acids is 5. The second-order valence-electron chi connectivity index (χ2n) is 36.3. The summed E-state index contributed by atoms with van der Waals surface area (Å²) in [7, 11) is 0. The summed E-state index contributed by atoms with van der Waals surface area (Å²) < 4.78 is 63.0. The average molecular weight is 1960 g/mol. The summed E-state index contributed by atoms with van der Waals surface area (Å²) in [5, 5.41) is 18.6. The Morgan fingerprint density at radius 2 is 0.309 bits per heavy atom. The molecule has 19 rings (SSSR count). The molecule has 0 saturated heterocycles. The molecule has 0 fully saturated rings. The summed E-state index contributed by atoms with van der Waals surface area (Å²) in [4.78, 5) is 64.3. The Labute approximate surface area is 866 Å². The molecule has 0 spiro atoms. The van der Waals surface area contributed by atoms with Gasteiger partial charge in [0.15, 0.2) is 28.9 Å². The van der Waals surface area contributed by atoms with E-state index in [-0.39, 0.29) is 69.9 Å². The lowest BCUT2D eigenvalue weighted by Gasteiger charge is -2.26. The minimum atomic E-state index is -0.393. The zero-order valence-electron chi connectivity index (χ0n) is 81.8. The Morgan fingerprint density at radius 3 is 0.470 bits per heavy atom. The molecule has 2 N–H and O–H groups in total. The summed E-state index contributed by atoms with van der Waals surface area (Å²) in [6, 6.07) is 142. The van der Waals surface area contributed by atoms with Crippen LogP contribution in [0.4, 0.5) is 13.2 Å². The lowest BCUT2D eigenvalue weighted by Crippen LogP contribution is -2.18. The minimum absolute atomic E-state index is 0. The van der Waals surface area contributed by atoms with Gasteiger partial charge in [-0.05, 0) is 385 Å². The second-order valence-corrected chi connectivity index (χ2v) is 36.3. The van der Waals surface area contributed by atoms with E-state index in [4.69, 9.17) is 18.9 Å². The highest BCUT2D eigenvalue weighted by molar-refractivity contribution is 6.11. The number of ketones is 5. The van der Waals surface area contributed by atoms with Gasteiger partial charge < -0.3 is 29.2 Å². The average Bonchev–Trinajstić information content (AvgIpc) is 0.824. The Morgan fingerprint density at radius 1 is 0.181 bits per heavy atom. The number of hydrogen-bond donors (Lipinski definition) is 2. The molecule has 11 nitrogen and oxygen atoms in total. The number of benzene rings is 19. The summed E-state index contributed by atoms with van der Waals surface area (Å²) in [6.45, 7) is 12.9. The monoisotopic (exact) mass is 1960 g/mol. The molecule has 0 saturated carbocycles. The summed E-state index contributed by atoms with van der Waals surface area (Å²) >= 11 is 0. The molecule has 14 heteroatoms. The predicted octanol–water partition coefficient (Wildman–Crippen LogP) is 31.7. The first-order valence-corrected chi connectivity index (χ1v) is 47.8. The van der Waals surface area contributed by atoms with Gasteiger partial charge in [-0.1, -0.05) is 212 Å². The number of halogens is 3. The topological polar surface area (TPSA) is 163 Å².